The Morgan fingerprint density at radius 2 is 1.65 bits per heavy atom. The van der Waals surface area contributed by atoms with Crippen molar-refractivity contribution in [2.75, 3.05) is 0 Å². The monoisotopic (exact) mass is 387 g/mol. The summed E-state index contributed by atoms with van der Waals surface area (Å²) in [4.78, 5) is 24.1. The van der Waals surface area contributed by atoms with E-state index in [9.17, 15) is 14.7 Å². The minimum absolute atomic E-state index is 0.103. The van der Waals surface area contributed by atoms with E-state index in [1.165, 1.54) is 0 Å². The van der Waals surface area contributed by atoms with Gasteiger partial charge in [0.1, 0.15) is 6.04 Å². The molecule has 0 saturated carbocycles. The summed E-state index contributed by atoms with van der Waals surface area (Å²) in [5.74, 6) is -1.56. The first kappa shape index (κ1) is 18.2. The van der Waals surface area contributed by atoms with Gasteiger partial charge in [-0.3, -0.25) is 4.79 Å². The molecule has 0 unspecified atom stereocenters. The predicted octanol–water partition coefficient (Wildman–Crippen LogP) is 4.57. The number of hydrogen-bond acceptors (Lipinski definition) is 2. The molecule has 0 saturated heterocycles. The SMILES string of the molecule is O=C(N[C@H](Cc1ccc(Cl)c(Cl)c1)C(=O)O)c1ccc2ccccc2c1. The van der Waals surface area contributed by atoms with Crippen molar-refractivity contribution in [3.8, 4) is 0 Å². The minimum atomic E-state index is -1.12. The number of fused-ring (bicyclic) bond motifs is 1. The van der Waals surface area contributed by atoms with Crippen LogP contribution in [-0.4, -0.2) is 23.0 Å². The van der Waals surface area contributed by atoms with E-state index in [-0.39, 0.29) is 6.42 Å². The lowest BCUT2D eigenvalue weighted by Gasteiger charge is -2.15. The van der Waals surface area contributed by atoms with E-state index in [0.29, 0.717) is 21.2 Å². The van der Waals surface area contributed by atoms with Gasteiger partial charge in [0.2, 0.25) is 0 Å². The number of benzene rings is 3. The van der Waals surface area contributed by atoms with E-state index in [4.69, 9.17) is 23.2 Å². The zero-order valence-electron chi connectivity index (χ0n) is 13.6. The predicted molar refractivity (Wildman–Crippen MR) is 103 cm³/mol. The Kier molecular flexibility index (Phi) is 5.45. The van der Waals surface area contributed by atoms with Crippen molar-refractivity contribution in [3.05, 3.63) is 81.8 Å². The minimum Gasteiger partial charge on any atom is -0.480 e. The third-order valence-electron chi connectivity index (χ3n) is 4.04. The molecule has 0 fully saturated rings. The summed E-state index contributed by atoms with van der Waals surface area (Å²) >= 11 is 11.8. The molecule has 3 rings (SSSR count). The molecule has 0 spiro atoms. The maximum absolute atomic E-state index is 12.5. The number of carbonyl (C=O) groups excluding carboxylic acids is 1. The Bertz CT molecular complexity index is 988. The molecular weight excluding hydrogens is 373 g/mol. The van der Waals surface area contributed by atoms with Gasteiger partial charge in [0.25, 0.3) is 5.91 Å². The highest BCUT2D eigenvalue weighted by Gasteiger charge is 2.21. The van der Waals surface area contributed by atoms with Gasteiger partial charge in [0.15, 0.2) is 0 Å². The van der Waals surface area contributed by atoms with Crippen LogP contribution < -0.4 is 5.32 Å². The van der Waals surface area contributed by atoms with Crippen molar-refractivity contribution in [2.24, 2.45) is 0 Å². The van der Waals surface area contributed by atoms with Crippen molar-refractivity contribution in [3.63, 3.8) is 0 Å². The standard InChI is InChI=1S/C20H15Cl2NO3/c21-16-8-5-12(9-17(16)22)10-18(20(25)26)23-19(24)15-7-6-13-3-1-2-4-14(13)11-15/h1-9,11,18H,10H2,(H,23,24)(H,25,26)/t18-/m1/s1. The van der Waals surface area contributed by atoms with Gasteiger partial charge in [-0.05, 0) is 40.6 Å². The van der Waals surface area contributed by atoms with E-state index in [1.54, 1.807) is 30.3 Å². The van der Waals surface area contributed by atoms with Crippen LogP contribution in [0.4, 0.5) is 0 Å². The maximum atomic E-state index is 12.5. The highest BCUT2D eigenvalue weighted by molar-refractivity contribution is 6.42. The lowest BCUT2D eigenvalue weighted by atomic mass is 10.0. The van der Waals surface area contributed by atoms with Crippen molar-refractivity contribution >= 4 is 45.9 Å². The van der Waals surface area contributed by atoms with Gasteiger partial charge in [-0.2, -0.15) is 0 Å². The van der Waals surface area contributed by atoms with Crippen molar-refractivity contribution in [1.82, 2.24) is 5.32 Å². The number of hydrogen-bond donors (Lipinski definition) is 2. The summed E-state index contributed by atoms with van der Waals surface area (Å²) < 4.78 is 0. The number of nitrogens with one attached hydrogen (secondary N) is 1. The molecule has 3 aromatic carbocycles. The van der Waals surface area contributed by atoms with Crippen molar-refractivity contribution < 1.29 is 14.7 Å². The summed E-state index contributed by atoms with van der Waals surface area (Å²) in [7, 11) is 0. The molecular formula is C20H15Cl2NO3. The van der Waals surface area contributed by atoms with E-state index in [2.05, 4.69) is 5.32 Å². The van der Waals surface area contributed by atoms with Crippen LogP contribution in [0, 0.1) is 0 Å². The molecule has 0 radical (unpaired) electrons. The Morgan fingerprint density at radius 1 is 0.923 bits per heavy atom. The van der Waals surface area contributed by atoms with Crippen molar-refractivity contribution in [1.29, 1.82) is 0 Å². The molecule has 1 atom stereocenters. The number of amides is 1. The fourth-order valence-electron chi connectivity index (χ4n) is 2.67. The second kappa shape index (κ2) is 7.77. The summed E-state index contributed by atoms with van der Waals surface area (Å²) in [5.41, 5.74) is 1.08. The van der Waals surface area contributed by atoms with Crippen LogP contribution in [0.15, 0.2) is 60.7 Å². The van der Waals surface area contributed by atoms with Crippen LogP contribution in [0.25, 0.3) is 10.8 Å². The first-order valence-corrected chi connectivity index (χ1v) is 8.66. The zero-order valence-corrected chi connectivity index (χ0v) is 15.1. The molecule has 2 N–H and O–H groups in total. The normalized spacial score (nSPS) is 11.9. The number of aliphatic carboxylic acids is 1. The molecule has 3 aromatic rings. The fourth-order valence-corrected chi connectivity index (χ4v) is 3.00. The molecule has 0 aliphatic heterocycles. The molecule has 132 valence electrons. The second-order valence-electron chi connectivity index (χ2n) is 5.88. The van der Waals surface area contributed by atoms with Crippen LogP contribution in [0.2, 0.25) is 10.0 Å². The number of carboxylic acid groups (broad SMARTS) is 1. The largest absolute Gasteiger partial charge is 0.480 e. The summed E-state index contributed by atoms with van der Waals surface area (Å²) in [6, 6.07) is 16.7. The molecule has 0 bridgehead atoms. The Balaban J connectivity index is 1.78. The van der Waals surface area contributed by atoms with Crippen LogP contribution in [0.1, 0.15) is 15.9 Å². The summed E-state index contributed by atoms with van der Waals surface area (Å²) in [5, 5.41) is 14.7. The Hall–Kier alpha value is -2.56. The smallest absolute Gasteiger partial charge is 0.326 e. The Labute approximate surface area is 160 Å². The molecule has 0 aliphatic rings. The molecule has 26 heavy (non-hydrogen) atoms. The topological polar surface area (TPSA) is 66.4 Å². The van der Waals surface area contributed by atoms with Crippen molar-refractivity contribution in [2.45, 2.75) is 12.5 Å². The van der Waals surface area contributed by atoms with Gasteiger partial charge in [0.05, 0.1) is 10.0 Å². The first-order chi connectivity index (χ1) is 12.4. The Morgan fingerprint density at radius 3 is 2.35 bits per heavy atom. The highest BCUT2D eigenvalue weighted by Crippen LogP contribution is 2.23. The molecule has 1 amide bonds. The van der Waals surface area contributed by atoms with E-state index >= 15 is 0 Å². The van der Waals surface area contributed by atoms with Crippen LogP contribution >= 0.6 is 23.2 Å². The van der Waals surface area contributed by atoms with Crippen LogP contribution in [-0.2, 0) is 11.2 Å². The quantitative estimate of drug-likeness (QED) is 0.673. The molecule has 0 aromatic heterocycles. The summed E-state index contributed by atoms with van der Waals surface area (Å²) in [6.45, 7) is 0. The fraction of sp³-hybridized carbons (Fsp3) is 0.100. The lowest BCUT2D eigenvalue weighted by molar-refractivity contribution is -0.139. The molecule has 6 heteroatoms. The zero-order chi connectivity index (χ0) is 18.7. The summed E-state index contributed by atoms with van der Waals surface area (Å²) in [6.07, 6.45) is 0.103. The average molecular weight is 388 g/mol. The van der Waals surface area contributed by atoms with Gasteiger partial charge in [-0.1, -0.05) is 59.6 Å². The maximum Gasteiger partial charge on any atom is 0.326 e. The number of halogens is 2. The van der Waals surface area contributed by atoms with Crippen LogP contribution in [0.5, 0.6) is 0 Å². The van der Waals surface area contributed by atoms with Gasteiger partial charge >= 0.3 is 5.97 Å². The van der Waals surface area contributed by atoms with Gasteiger partial charge in [-0.25, -0.2) is 4.79 Å². The molecule has 0 heterocycles. The van der Waals surface area contributed by atoms with E-state index < -0.39 is 17.9 Å². The average Bonchev–Trinajstić information content (AvgIpc) is 2.63. The first-order valence-electron chi connectivity index (χ1n) is 7.90. The van der Waals surface area contributed by atoms with E-state index in [1.807, 2.05) is 30.3 Å². The molecule has 4 nitrogen and oxygen atoms in total. The number of rotatable bonds is 5. The van der Waals surface area contributed by atoms with Gasteiger partial charge < -0.3 is 10.4 Å². The van der Waals surface area contributed by atoms with Gasteiger partial charge in [-0.15, -0.1) is 0 Å². The van der Waals surface area contributed by atoms with Gasteiger partial charge in [0, 0.05) is 12.0 Å². The lowest BCUT2D eigenvalue weighted by Crippen LogP contribution is -2.42. The third kappa shape index (κ3) is 4.15. The number of carboxylic acids is 1. The van der Waals surface area contributed by atoms with E-state index in [0.717, 1.165) is 10.8 Å². The highest BCUT2D eigenvalue weighted by atomic mass is 35.5. The number of carbonyl (C=O) groups is 2. The third-order valence-corrected chi connectivity index (χ3v) is 4.78. The second-order valence-corrected chi connectivity index (χ2v) is 6.69. The van der Waals surface area contributed by atoms with Crippen LogP contribution in [0.3, 0.4) is 0 Å². The molecule has 0 aliphatic carbocycles.